The van der Waals surface area contributed by atoms with Crippen molar-refractivity contribution >= 4 is 11.8 Å². The first-order valence-electron chi connectivity index (χ1n) is 17.1. The fraction of sp³-hybridized carbons (Fsp3) is 0.500. The van der Waals surface area contributed by atoms with Crippen LogP contribution < -0.4 is 16.0 Å². The Hall–Kier alpha value is -3.59. The van der Waals surface area contributed by atoms with Crippen molar-refractivity contribution in [3.63, 3.8) is 0 Å². The van der Waals surface area contributed by atoms with Crippen LogP contribution in [0.15, 0.2) is 91.2 Å². The SMILES string of the molecule is CC/C=C\C/C=C\C/C=C\C/C=C\C/C=C\C/C=C\CCC(=O)NCCNCCNC(=O)c1ccc(CCN2CCOCC2)nc1. The van der Waals surface area contributed by atoms with Crippen LogP contribution in [0.1, 0.15) is 74.3 Å². The number of aromatic nitrogens is 1. The molecular weight excluding hydrogens is 574 g/mol. The van der Waals surface area contributed by atoms with Gasteiger partial charge in [-0.1, -0.05) is 79.8 Å². The molecule has 0 spiro atoms. The zero-order valence-electron chi connectivity index (χ0n) is 28.0. The average molecular weight is 632 g/mol. The zero-order chi connectivity index (χ0) is 32.8. The molecule has 0 aliphatic carbocycles. The summed E-state index contributed by atoms with van der Waals surface area (Å²) < 4.78 is 5.38. The van der Waals surface area contributed by atoms with Gasteiger partial charge in [-0.05, 0) is 57.1 Å². The van der Waals surface area contributed by atoms with E-state index in [9.17, 15) is 9.59 Å². The molecule has 2 heterocycles. The minimum Gasteiger partial charge on any atom is -0.379 e. The number of nitrogens with zero attached hydrogens (tertiary/aromatic N) is 2. The third-order valence-corrected chi connectivity index (χ3v) is 7.22. The standard InChI is InChI=1S/C38H57N5O3/c1-2-3-4-5-6-7-8-9-10-11-12-13-14-15-16-17-18-19-20-21-37(44)40-27-25-39-26-28-41-38(45)35-22-23-36(42-34-35)24-29-43-30-32-46-33-31-43/h3-4,6-7,9-10,12-13,15-16,18-19,22-23,34,39H,2,5,8,11,14,17,20-21,24-33H2,1H3,(H,40,44)(H,41,45)/b4-3-,7-6-,10-9-,13-12-,16-15-,19-18-. The normalized spacial score (nSPS) is 14.6. The first-order chi connectivity index (χ1) is 22.7. The predicted molar refractivity (Wildman–Crippen MR) is 191 cm³/mol. The molecule has 0 bridgehead atoms. The molecule has 1 aliphatic rings. The molecule has 1 saturated heterocycles. The molecule has 0 atom stereocenters. The quantitative estimate of drug-likeness (QED) is 0.0976. The van der Waals surface area contributed by atoms with E-state index in [1.165, 1.54) is 0 Å². The molecule has 3 N–H and O–H groups in total. The lowest BCUT2D eigenvalue weighted by atomic mass is 10.2. The molecule has 2 amide bonds. The highest BCUT2D eigenvalue weighted by Gasteiger charge is 2.11. The van der Waals surface area contributed by atoms with Crippen molar-refractivity contribution in [3.8, 4) is 0 Å². The largest absolute Gasteiger partial charge is 0.379 e. The van der Waals surface area contributed by atoms with Gasteiger partial charge < -0.3 is 20.7 Å². The Labute approximate surface area is 277 Å². The first-order valence-corrected chi connectivity index (χ1v) is 17.1. The van der Waals surface area contributed by atoms with Gasteiger partial charge in [-0.25, -0.2) is 0 Å². The minimum absolute atomic E-state index is 0.0514. The second kappa shape index (κ2) is 27.7. The summed E-state index contributed by atoms with van der Waals surface area (Å²) in [5.74, 6) is -0.0766. The summed E-state index contributed by atoms with van der Waals surface area (Å²) in [6, 6.07) is 3.76. The minimum atomic E-state index is -0.128. The van der Waals surface area contributed by atoms with Gasteiger partial charge in [-0.2, -0.15) is 0 Å². The Kier molecular flexibility index (Phi) is 23.2. The van der Waals surface area contributed by atoms with E-state index >= 15 is 0 Å². The molecule has 8 nitrogen and oxygen atoms in total. The number of ether oxygens (including phenoxy) is 1. The molecule has 1 aromatic rings. The van der Waals surface area contributed by atoms with Crippen LogP contribution in [0.2, 0.25) is 0 Å². The monoisotopic (exact) mass is 631 g/mol. The van der Waals surface area contributed by atoms with E-state index in [2.05, 4.69) is 106 Å². The zero-order valence-corrected chi connectivity index (χ0v) is 28.0. The average Bonchev–Trinajstić information content (AvgIpc) is 3.08. The van der Waals surface area contributed by atoms with E-state index in [4.69, 9.17) is 4.74 Å². The molecule has 2 rings (SSSR count). The highest BCUT2D eigenvalue weighted by molar-refractivity contribution is 5.93. The van der Waals surface area contributed by atoms with E-state index in [1.807, 2.05) is 12.1 Å². The van der Waals surface area contributed by atoms with E-state index in [0.717, 1.165) is 89.9 Å². The Balaban J connectivity index is 1.38. The second-order valence-electron chi connectivity index (χ2n) is 11.1. The van der Waals surface area contributed by atoms with Gasteiger partial charge in [0, 0.05) is 70.5 Å². The maximum atomic E-state index is 12.4. The molecule has 0 saturated carbocycles. The third kappa shape index (κ3) is 21.2. The van der Waals surface area contributed by atoms with Crippen molar-refractivity contribution in [2.24, 2.45) is 0 Å². The van der Waals surface area contributed by atoms with E-state index < -0.39 is 0 Å². The van der Waals surface area contributed by atoms with Gasteiger partial charge in [-0.15, -0.1) is 0 Å². The van der Waals surface area contributed by atoms with Crippen molar-refractivity contribution in [1.82, 2.24) is 25.8 Å². The van der Waals surface area contributed by atoms with Crippen molar-refractivity contribution in [1.29, 1.82) is 0 Å². The Morgan fingerprint density at radius 3 is 1.89 bits per heavy atom. The third-order valence-electron chi connectivity index (χ3n) is 7.22. The predicted octanol–water partition coefficient (Wildman–Crippen LogP) is 5.87. The smallest absolute Gasteiger partial charge is 0.252 e. The summed E-state index contributed by atoms with van der Waals surface area (Å²) in [6.45, 7) is 8.98. The summed E-state index contributed by atoms with van der Waals surface area (Å²) >= 11 is 0. The highest BCUT2D eigenvalue weighted by atomic mass is 16.5. The summed E-state index contributed by atoms with van der Waals surface area (Å²) in [5, 5.41) is 9.08. The van der Waals surface area contributed by atoms with Gasteiger partial charge in [0.15, 0.2) is 0 Å². The Bertz CT molecular complexity index is 1120. The van der Waals surface area contributed by atoms with Gasteiger partial charge in [0.1, 0.15) is 0 Å². The van der Waals surface area contributed by atoms with Crippen LogP contribution in [0.25, 0.3) is 0 Å². The number of carbonyl (C=O) groups excluding carboxylic acids is 2. The van der Waals surface area contributed by atoms with Crippen molar-refractivity contribution in [2.45, 2.75) is 64.7 Å². The summed E-state index contributed by atoms with van der Waals surface area (Å²) in [7, 11) is 0. The van der Waals surface area contributed by atoms with Crippen LogP contribution >= 0.6 is 0 Å². The van der Waals surface area contributed by atoms with Crippen LogP contribution in [0.3, 0.4) is 0 Å². The number of pyridine rings is 1. The number of carbonyl (C=O) groups is 2. The first kappa shape index (κ1) is 38.6. The number of hydrogen-bond donors (Lipinski definition) is 3. The van der Waals surface area contributed by atoms with E-state index in [-0.39, 0.29) is 11.8 Å². The van der Waals surface area contributed by atoms with Gasteiger partial charge in [0.2, 0.25) is 5.91 Å². The molecule has 1 fully saturated rings. The molecule has 46 heavy (non-hydrogen) atoms. The van der Waals surface area contributed by atoms with Gasteiger partial charge >= 0.3 is 0 Å². The van der Waals surface area contributed by atoms with Crippen molar-refractivity contribution in [2.75, 3.05) is 59.0 Å². The Morgan fingerprint density at radius 2 is 1.33 bits per heavy atom. The second-order valence-corrected chi connectivity index (χ2v) is 11.1. The molecule has 0 radical (unpaired) electrons. The summed E-state index contributed by atoms with van der Waals surface area (Å²) in [6.07, 6.45) is 35.8. The molecular formula is C38H57N5O3. The number of nitrogens with one attached hydrogen (secondary N) is 3. The number of rotatable bonds is 24. The maximum absolute atomic E-state index is 12.4. The number of allylic oxidation sites excluding steroid dienone is 12. The van der Waals surface area contributed by atoms with E-state index in [1.54, 1.807) is 6.20 Å². The lowest BCUT2D eigenvalue weighted by Crippen LogP contribution is -2.37. The molecule has 1 aromatic heterocycles. The summed E-state index contributed by atoms with van der Waals surface area (Å²) in [5.41, 5.74) is 1.55. The molecule has 1 aliphatic heterocycles. The number of morpholine rings is 1. The summed E-state index contributed by atoms with van der Waals surface area (Å²) in [4.78, 5) is 31.2. The van der Waals surface area contributed by atoms with Crippen LogP contribution in [0, 0.1) is 0 Å². The fourth-order valence-corrected chi connectivity index (χ4v) is 4.53. The molecule has 8 heteroatoms. The maximum Gasteiger partial charge on any atom is 0.252 e. The molecule has 252 valence electrons. The molecule has 0 unspecified atom stereocenters. The van der Waals surface area contributed by atoms with Crippen molar-refractivity contribution in [3.05, 3.63) is 102 Å². The topological polar surface area (TPSA) is 95.6 Å². The lowest BCUT2D eigenvalue weighted by Gasteiger charge is -2.26. The van der Waals surface area contributed by atoms with Crippen LogP contribution in [-0.2, 0) is 16.0 Å². The van der Waals surface area contributed by atoms with Gasteiger partial charge in [0.05, 0.1) is 18.8 Å². The molecule has 0 aromatic carbocycles. The fourth-order valence-electron chi connectivity index (χ4n) is 4.53. The van der Waals surface area contributed by atoms with Gasteiger partial charge in [0.25, 0.3) is 5.91 Å². The Morgan fingerprint density at radius 1 is 0.761 bits per heavy atom. The van der Waals surface area contributed by atoms with Crippen LogP contribution in [0.4, 0.5) is 0 Å². The van der Waals surface area contributed by atoms with E-state index in [0.29, 0.717) is 38.2 Å². The van der Waals surface area contributed by atoms with Gasteiger partial charge in [-0.3, -0.25) is 19.5 Å². The highest BCUT2D eigenvalue weighted by Crippen LogP contribution is 2.04. The van der Waals surface area contributed by atoms with Crippen molar-refractivity contribution < 1.29 is 14.3 Å². The van der Waals surface area contributed by atoms with Crippen LogP contribution in [0.5, 0.6) is 0 Å². The van der Waals surface area contributed by atoms with Crippen LogP contribution in [-0.4, -0.2) is 80.7 Å². The lowest BCUT2D eigenvalue weighted by molar-refractivity contribution is -0.120. The number of hydrogen-bond acceptors (Lipinski definition) is 6. The number of amides is 2.